The van der Waals surface area contributed by atoms with Gasteiger partial charge in [0.25, 0.3) is 0 Å². The van der Waals surface area contributed by atoms with Gasteiger partial charge in [0.15, 0.2) is 5.65 Å². The third-order valence-corrected chi connectivity index (χ3v) is 7.97. The van der Waals surface area contributed by atoms with Crippen LogP contribution in [0.25, 0.3) is 60.7 Å². The van der Waals surface area contributed by atoms with E-state index in [1.54, 1.807) is 0 Å². The molecule has 2 aliphatic carbocycles. The zero-order chi connectivity index (χ0) is 22.7. The molecule has 0 spiro atoms. The van der Waals surface area contributed by atoms with Gasteiger partial charge >= 0.3 is 0 Å². The van der Waals surface area contributed by atoms with Crippen LogP contribution in [0, 0.1) is 0 Å². The maximum atomic E-state index is 5.01. The number of hydrogen-bond donors (Lipinski definition) is 0. The van der Waals surface area contributed by atoms with Crippen LogP contribution in [0.15, 0.2) is 85.3 Å². The lowest BCUT2D eigenvalue weighted by atomic mass is 9.94. The van der Waals surface area contributed by atoms with Crippen molar-refractivity contribution in [2.75, 3.05) is 0 Å². The summed E-state index contributed by atoms with van der Waals surface area (Å²) < 4.78 is 2.25. The number of benzene rings is 3. The normalized spacial score (nSPS) is 13.5. The zero-order valence-electron chi connectivity index (χ0n) is 18.8. The van der Waals surface area contributed by atoms with E-state index in [2.05, 4.69) is 75.0 Å². The van der Waals surface area contributed by atoms with Crippen molar-refractivity contribution in [2.45, 2.75) is 12.8 Å². The Hall–Kier alpha value is -4.57. The Labute approximate surface area is 200 Å². The average molecular weight is 447 g/mol. The summed E-state index contributed by atoms with van der Waals surface area (Å²) in [4.78, 5) is 14.1. The van der Waals surface area contributed by atoms with Gasteiger partial charge in [0.2, 0.25) is 0 Å². The molecule has 162 valence electrons. The Morgan fingerprint density at radius 3 is 2.63 bits per heavy atom. The van der Waals surface area contributed by atoms with Crippen molar-refractivity contribution < 1.29 is 0 Å². The lowest BCUT2D eigenvalue weighted by molar-refractivity contribution is 1.23. The molecule has 0 atom stereocenters. The van der Waals surface area contributed by atoms with Crippen molar-refractivity contribution in [2.24, 2.45) is 0 Å². The van der Waals surface area contributed by atoms with E-state index in [1.807, 2.05) is 24.7 Å². The molecule has 0 bridgehead atoms. The molecule has 4 heterocycles. The molecule has 0 aliphatic heterocycles. The van der Waals surface area contributed by atoms with Crippen LogP contribution < -0.4 is 0 Å². The van der Waals surface area contributed by atoms with Gasteiger partial charge in [0.05, 0.1) is 11.0 Å². The van der Waals surface area contributed by atoms with Gasteiger partial charge in [-0.05, 0) is 93.1 Å². The molecular formula is C31H18N4. The fraction of sp³-hybridized carbons (Fsp3) is 0.0645. The first-order valence-electron chi connectivity index (χ1n) is 12.0. The first-order valence-corrected chi connectivity index (χ1v) is 12.0. The van der Waals surface area contributed by atoms with Gasteiger partial charge in [0, 0.05) is 29.4 Å². The number of imidazole rings is 1. The van der Waals surface area contributed by atoms with Crippen LogP contribution in [0.2, 0.25) is 0 Å². The number of aromatic nitrogens is 4. The highest BCUT2D eigenvalue weighted by atomic mass is 15.1. The maximum Gasteiger partial charge on any atom is 0.178 e. The van der Waals surface area contributed by atoms with Gasteiger partial charge < -0.3 is 0 Å². The Bertz CT molecular complexity index is 2070. The van der Waals surface area contributed by atoms with Crippen LogP contribution in [-0.4, -0.2) is 19.4 Å². The molecule has 4 aromatic heterocycles. The minimum Gasteiger partial charge on any atom is -0.290 e. The second-order valence-corrected chi connectivity index (χ2v) is 9.70. The van der Waals surface area contributed by atoms with E-state index in [0.717, 1.165) is 45.9 Å². The second-order valence-electron chi connectivity index (χ2n) is 9.70. The number of pyridine rings is 3. The van der Waals surface area contributed by atoms with E-state index in [-0.39, 0.29) is 0 Å². The molecule has 0 unspecified atom stereocenters. The fourth-order valence-corrected chi connectivity index (χ4v) is 6.51. The lowest BCUT2D eigenvalue weighted by Gasteiger charge is -2.12. The third kappa shape index (κ3) is 2.15. The molecule has 2 aliphatic rings. The molecule has 9 rings (SSSR count). The largest absolute Gasteiger partial charge is 0.290 e. The van der Waals surface area contributed by atoms with Crippen LogP contribution in [-0.2, 0) is 12.8 Å². The highest BCUT2D eigenvalue weighted by molar-refractivity contribution is 6.15. The van der Waals surface area contributed by atoms with Gasteiger partial charge in [-0.2, -0.15) is 0 Å². The standard InChI is InChI=1S/C31H18N4/c1-2-5-20-17(4-1)13-24-21(20)8-7-18-12-19-14-23-25(15-22(19)29(18)24)31-34-30-28(6-3-10-33-30)35(31)27-9-11-32-16-26(23)27/h1-11,14-16H,12-13H2. The molecule has 0 saturated heterocycles. The molecule has 0 saturated carbocycles. The van der Waals surface area contributed by atoms with Gasteiger partial charge in [-0.15, -0.1) is 0 Å². The molecule has 0 fully saturated rings. The summed E-state index contributed by atoms with van der Waals surface area (Å²) in [7, 11) is 0. The summed E-state index contributed by atoms with van der Waals surface area (Å²) in [5.74, 6) is 0. The fourth-order valence-electron chi connectivity index (χ4n) is 6.51. The minimum atomic E-state index is 0.773. The van der Waals surface area contributed by atoms with E-state index >= 15 is 0 Å². The van der Waals surface area contributed by atoms with Crippen molar-refractivity contribution in [3.63, 3.8) is 0 Å². The topological polar surface area (TPSA) is 43.1 Å². The first kappa shape index (κ1) is 17.8. The predicted molar refractivity (Wildman–Crippen MR) is 140 cm³/mol. The Morgan fingerprint density at radius 2 is 1.63 bits per heavy atom. The molecule has 3 aromatic carbocycles. The lowest BCUT2D eigenvalue weighted by Crippen LogP contribution is -1.94. The Kier molecular flexibility index (Phi) is 3.11. The molecule has 7 aromatic rings. The van der Waals surface area contributed by atoms with E-state index < -0.39 is 0 Å². The van der Waals surface area contributed by atoms with Gasteiger partial charge in [0.1, 0.15) is 5.65 Å². The van der Waals surface area contributed by atoms with Crippen molar-refractivity contribution in [3.8, 4) is 22.3 Å². The number of hydrogen-bond acceptors (Lipinski definition) is 3. The van der Waals surface area contributed by atoms with Gasteiger partial charge in [-0.3, -0.25) is 9.38 Å². The van der Waals surface area contributed by atoms with E-state index in [9.17, 15) is 0 Å². The summed E-state index contributed by atoms with van der Waals surface area (Å²) in [6, 6.07) is 24.4. The van der Waals surface area contributed by atoms with Crippen molar-refractivity contribution in [3.05, 3.63) is 108 Å². The quantitative estimate of drug-likeness (QED) is 0.243. The van der Waals surface area contributed by atoms with Crippen LogP contribution in [0.5, 0.6) is 0 Å². The second kappa shape index (κ2) is 6.10. The van der Waals surface area contributed by atoms with Crippen LogP contribution >= 0.6 is 0 Å². The molecular weight excluding hydrogens is 428 g/mol. The van der Waals surface area contributed by atoms with Crippen LogP contribution in [0.3, 0.4) is 0 Å². The summed E-state index contributed by atoms with van der Waals surface area (Å²) in [5.41, 5.74) is 15.1. The monoisotopic (exact) mass is 446 g/mol. The molecule has 4 nitrogen and oxygen atoms in total. The smallest absolute Gasteiger partial charge is 0.178 e. The summed E-state index contributed by atoms with van der Waals surface area (Å²) >= 11 is 0. The molecule has 0 amide bonds. The maximum absolute atomic E-state index is 5.01. The average Bonchev–Trinajstić information content (AvgIpc) is 3.58. The third-order valence-electron chi connectivity index (χ3n) is 7.97. The Balaban J connectivity index is 1.42. The minimum absolute atomic E-state index is 0.773. The SMILES string of the molecule is c1ccc2c(c1)Cc1c-2ccc2c1-c1cc3c(cc1C2)c1cnccc1n1c2cccnc2nc31. The van der Waals surface area contributed by atoms with Gasteiger partial charge in [-0.25, -0.2) is 9.97 Å². The summed E-state index contributed by atoms with van der Waals surface area (Å²) in [6.45, 7) is 0. The predicted octanol–water partition coefficient (Wildman–Crippen LogP) is 6.73. The van der Waals surface area contributed by atoms with E-state index in [0.29, 0.717) is 0 Å². The highest BCUT2D eigenvalue weighted by Crippen LogP contribution is 2.49. The first-order chi connectivity index (χ1) is 17.3. The molecule has 35 heavy (non-hydrogen) atoms. The van der Waals surface area contributed by atoms with Crippen LogP contribution in [0.4, 0.5) is 0 Å². The van der Waals surface area contributed by atoms with Crippen molar-refractivity contribution >= 4 is 38.5 Å². The van der Waals surface area contributed by atoms with E-state index in [4.69, 9.17) is 4.98 Å². The zero-order valence-corrected chi connectivity index (χ0v) is 18.8. The summed E-state index contributed by atoms with van der Waals surface area (Å²) in [5, 5.41) is 3.51. The number of rotatable bonds is 0. The summed E-state index contributed by atoms with van der Waals surface area (Å²) in [6.07, 6.45) is 7.63. The van der Waals surface area contributed by atoms with Crippen molar-refractivity contribution in [1.82, 2.24) is 19.4 Å². The number of nitrogens with zero attached hydrogens (tertiary/aromatic N) is 4. The van der Waals surface area contributed by atoms with Gasteiger partial charge in [-0.1, -0.05) is 36.4 Å². The molecule has 0 N–H and O–H groups in total. The molecule has 4 heteroatoms. The van der Waals surface area contributed by atoms with Crippen molar-refractivity contribution in [1.29, 1.82) is 0 Å². The Morgan fingerprint density at radius 1 is 0.657 bits per heavy atom. The number of fused-ring (bicyclic) bond motifs is 15. The van der Waals surface area contributed by atoms with Crippen LogP contribution in [0.1, 0.15) is 22.3 Å². The highest BCUT2D eigenvalue weighted by Gasteiger charge is 2.29. The van der Waals surface area contributed by atoms with E-state index in [1.165, 1.54) is 49.9 Å². The molecule has 0 radical (unpaired) electrons.